The predicted molar refractivity (Wildman–Crippen MR) is 98.4 cm³/mol. The number of hydrogen-bond donors (Lipinski definition) is 2. The van der Waals surface area contributed by atoms with Gasteiger partial charge in [0, 0.05) is 31.5 Å². The van der Waals surface area contributed by atoms with Crippen LogP contribution in [-0.4, -0.2) is 38.0 Å². The van der Waals surface area contributed by atoms with Gasteiger partial charge in [0.05, 0.1) is 19.3 Å². The van der Waals surface area contributed by atoms with Crippen LogP contribution >= 0.6 is 0 Å². The van der Waals surface area contributed by atoms with Gasteiger partial charge in [-0.1, -0.05) is 12.1 Å². The third-order valence-corrected chi connectivity index (χ3v) is 5.25. The molecule has 2 aliphatic heterocycles. The molecule has 3 heterocycles. The minimum atomic E-state index is -0.489. The Hall–Kier alpha value is -2.02. The first-order valence-electron chi connectivity index (χ1n) is 9.16. The van der Waals surface area contributed by atoms with Gasteiger partial charge in [0.1, 0.15) is 0 Å². The molecular formula is C20H24FN3O2. The highest BCUT2D eigenvalue weighted by molar-refractivity contribution is 5.66. The average Bonchev–Trinajstić information content (AvgIpc) is 2.71. The van der Waals surface area contributed by atoms with E-state index in [0.717, 1.165) is 50.3 Å². The zero-order valence-corrected chi connectivity index (χ0v) is 14.7. The summed E-state index contributed by atoms with van der Waals surface area (Å²) in [6, 6.07) is 7.95. The molecule has 0 saturated carbocycles. The number of nitrogens with two attached hydrogens (primary N) is 1. The van der Waals surface area contributed by atoms with Crippen LogP contribution in [0.1, 0.15) is 35.9 Å². The van der Waals surface area contributed by atoms with Crippen LogP contribution in [0.3, 0.4) is 0 Å². The van der Waals surface area contributed by atoms with Crippen LogP contribution in [0.4, 0.5) is 10.2 Å². The second-order valence-corrected chi connectivity index (χ2v) is 6.90. The minimum Gasteiger partial charge on any atom is -0.381 e. The van der Waals surface area contributed by atoms with Crippen molar-refractivity contribution in [1.29, 1.82) is 0 Å². The second kappa shape index (κ2) is 7.70. The van der Waals surface area contributed by atoms with Crippen molar-refractivity contribution in [3.05, 3.63) is 47.4 Å². The summed E-state index contributed by atoms with van der Waals surface area (Å²) in [6.07, 6.45) is 3.67. The van der Waals surface area contributed by atoms with Gasteiger partial charge in [0.25, 0.3) is 0 Å². The van der Waals surface area contributed by atoms with Gasteiger partial charge in [-0.15, -0.1) is 0 Å². The zero-order valence-electron chi connectivity index (χ0n) is 14.7. The number of ether oxygens (including phenoxy) is 2. The number of nitrogens with zero attached hydrogens (tertiary/aromatic N) is 1. The highest BCUT2D eigenvalue weighted by atomic mass is 19.1. The summed E-state index contributed by atoms with van der Waals surface area (Å²) in [4.78, 5) is 3.96. The molecule has 4 rings (SSSR count). The van der Waals surface area contributed by atoms with Crippen molar-refractivity contribution in [3.8, 4) is 11.1 Å². The van der Waals surface area contributed by atoms with Crippen molar-refractivity contribution < 1.29 is 13.9 Å². The first-order valence-corrected chi connectivity index (χ1v) is 9.16. The van der Waals surface area contributed by atoms with Gasteiger partial charge in [-0.25, -0.2) is 9.37 Å². The van der Waals surface area contributed by atoms with Gasteiger partial charge in [-0.2, -0.15) is 0 Å². The molecule has 0 amide bonds. The maximum absolute atomic E-state index is 13.9. The molecule has 1 atom stereocenters. The van der Waals surface area contributed by atoms with Gasteiger partial charge in [0.2, 0.25) is 0 Å². The molecule has 0 radical (unpaired) electrons. The van der Waals surface area contributed by atoms with Gasteiger partial charge >= 0.3 is 0 Å². The van der Waals surface area contributed by atoms with Crippen molar-refractivity contribution in [1.82, 2.24) is 10.3 Å². The summed E-state index contributed by atoms with van der Waals surface area (Å²) in [5, 5.41) is 3.55. The van der Waals surface area contributed by atoms with E-state index in [1.165, 1.54) is 17.2 Å². The maximum Gasteiger partial charge on any atom is 0.165 e. The van der Waals surface area contributed by atoms with Crippen molar-refractivity contribution in [2.24, 2.45) is 0 Å². The standard InChI is InChI=1S/C20H24FN3O2/c21-18-10-15(11-24-20(18)22)14-1-2-16(13-3-6-25-7-4-13)17(9-14)19-12-26-8-5-23-19/h1-2,9-11,13,19,23H,3-8,12H2,(H2,22,24)/t19-/m0/s1. The molecule has 0 aliphatic carbocycles. The molecule has 2 fully saturated rings. The zero-order chi connectivity index (χ0) is 17.9. The number of aromatic nitrogens is 1. The lowest BCUT2D eigenvalue weighted by atomic mass is 9.84. The molecule has 0 bridgehead atoms. The number of anilines is 1. The van der Waals surface area contributed by atoms with Crippen molar-refractivity contribution >= 4 is 5.82 Å². The van der Waals surface area contributed by atoms with E-state index in [4.69, 9.17) is 15.2 Å². The Morgan fingerprint density at radius 2 is 1.88 bits per heavy atom. The van der Waals surface area contributed by atoms with Crippen LogP contribution in [0.25, 0.3) is 11.1 Å². The number of rotatable bonds is 3. The van der Waals surface area contributed by atoms with Crippen LogP contribution in [0.2, 0.25) is 0 Å². The van der Waals surface area contributed by atoms with Gasteiger partial charge < -0.3 is 20.5 Å². The molecule has 2 aliphatic rings. The molecule has 2 saturated heterocycles. The van der Waals surface area contributed by atoms with E-state index in [-0.39, 0.29) is 11.9 Å². The van der Waals surface area contributed by atoms with Crippen LogP contribution in [-0.2, 0) is 9.47 Å². The van der Waals surface area contributed by atoms with Crippen molar-refractivity contribution in [3.63, 3.8) is 0 Å². The topological polar surface area (TPSA) is 69.4 Å². The molecule has 1 aromatic heterocycles. The van der Waals surface area contributed by atoms with Gasteiger partial charge in [-0.05, 0) is 47.6 Å². The van der Waals surface area contributed by atoms with E-state index in [0.29, 0.717) is 12.5 Å². The van der Waals surface area contributed by atoms with Crippen LogP contribution < -0.4 is 11.1 Å². The Bertz CT molecular complexity index is 772. The molecular weight excluding hydrogens is 333 g/mol. The highest BCUT2D eigenvalue weighted by Gasteiger charge is 2.25. The third kappa shape index (κ3) is 3.58. The lowest BCUT2D eigenvalue weighted by Gasteiger charge is -2.30. The number of morpholine rings is 1. The Balaban J connectivity index is 1.73. The Kier molecular flexibility index (Phi) is 5.15. The minimum absolute atomic E-state index is 0.0739. The summed E-state index contributed by atoms with van der Waals surface area (Å²) in [5.41, 5.74) is 9.75. The number of halogens is 1. The average molecular weight is 357 g/mol. The molecule has 1 aromatic carbocycles. The van der Waals surface area contributed by atoms with Crippen LogP contribution in [0, 0.1) is 5.82 Å². The van der Waals surface area contributed by atoms with Crippen LogP contribution in [0.15, 0.2) is 30.5 Å². The fraction of sp³-hybridized carbons (Fsp3) is 0.450. The Morgan fingerprint density at radius 1 is 1.04 bits per heavy atom. The lowest BCUT2D eigenvalue weighted by Crippen LogP contribution is -2.35. The molecule has 6 heteroatoms. The summed E-state index contributed by atoms with van der Waals surface area (Å²) < 4.78 is 25.1. The number of benzene rings is 1. The Morgan fingerprint density at radius 3 is 2.62 bits per heavy atom. The fourth-order valence-electron chi connectivity index (χ4n) is 3.81. The van der Waals surface area contributed by atoms with Crippen molar-refractivity contribution in [2.45, 2.75) is 24.8 Å². The number of hydrogen-bond acceptors (Lipinski definition) is 5. The number of nitrogen functional groups attached to an aromatic ring is 1. The first-order chi connectivity index (χ1) is 12.7. The molecule has 0 unspecified atom stereocenters. The Labute approximate surface area is 152 Å². The van der Waals surface area contributed by atoms with Gasteiger partial charge in [0.15, 0.2) is 11.6 Å². The van der Waals surface area contributed by atoms with E-state index in [9.17, 15) is 4.39 Å². The third-order valence-electron chi connectivity index (χ3n) is 5.25. The molecule has 138 valence electrons. The lowest BCUT2D eigenvalue weighted by molar-refractivity contribution is 0.0740. The largest absolute Gasteiger partial charge is 0.381 e. The van der Waals surface area contributed by atoms with Gasteiger partial charge in [-0.3, -0.25) is 0 Å². The number of pyridine rings is 1. The van der Waals surface area contributed by atoms with E-state index in [2.05, 4.69) is 22.4 Å². The first kappa shape index (κ1) is 17.4. The normalized spacial score (nSPS) is 21.7. The summed E-state index contributed by atoms with van der Waals surface area (Å²) >= 11 is 0. The summed E-state index contributed by atoms with van der Waals surface area (Å²) in [5.74, 6) is -0.0790. The smallest absolute Gasteiger partial charge is 0.165 e. The number of nitrogens with one attached hydrogen (secondary N) is 1. The summed E-state index contributed by atoms with van der Waals surface area (Å²) in [7, 11) is 0. The maximum atomic E-state index is 13.9. The monoisotopic (exact) mass is 357 g/mol. The molecule has 0 spiro atoms. The van der Waals surface area contributed by atoms with Crippen molar-refractivity contribution in [2.75, 3.05) is 38.7 Å². The molecule has 2 aromatic rings. The summed E-state index contributed by atoms with van der Waals surface area (Å²) in [6.45, 7) is 3.81. The quantitative estimate of drug-likeness (QED) is 0.884. The highest BCUT2D eigenvalue weighted by Crippen LogP contribution is 2.35. The van der Waals surface area contributed by atoms with E-state index in [1.807, 2.05) is 6.07 Å². The SMILES string of the molecule is Nc1ncc(-c2ccc(C3CCOCC3)c([C@@H]3COCCN3)c2)cc1F. The van der Waals surface area contributed by atoms with Crippen LogP contribution in [0.5, 0.6) is 0 Å². The molecule has 3 N–H and O–H groups in total. The predicted octanol–water partition coefficient (Wildman–Crippen LogP) is 3.02. The van der Waals surface area contributed by atoms with E-state index < -0.39 is 5.82 Å². The molecule has 5 nitrogen and oxygen atoms in total. The van der Waals surface area contributed by atoms with E-state index >= 15 is 0 Å². The fourth-order valence-corrected chi connectivity index (χ4v) is 3.81. The second-order valence-electron chi connectivity index (χ2n) is 6.90. The molecule has 26 heavy (non-hydrogen) atoms. The van der Waals surface area contributed by atoms with E-state index in [1.54, 1.807) is 6.20 Å².